The maximum atomic E-state index is 14.5. The smallest absolute Gasteiger partial charge is 0.325 e. The summed E-state index contributed by atoms with van der Waals surface area (Å²) in [5, 5.41) is 5.38. The van der Waals surface area contributed by atoms with Crippen molar-refractivity contribution in [1.82, 2.24) is 10.2 Å². The largest absolute Gasteiger partial charge is 0.378 e. The lowest BCUT2D eigenvalue weighted by Gasteiger charge is -2.33. The van der Waals surface area contributed by atoms with Crippen LogP contribution in [-0.4, -0.2) is 61.1 Å². The Kier molecular flexibility index (Phi) is 5.64. The number of carbonyl (C=O) groups is 3. The molecule has 4 rings (SSSR count). The van der Waals surface area contributed by atoms with Crippen LogP contribution in [-0.2, 0) is 14.3 Å². The standard InChI is InChI=1S/C21H27FN4O4/c1-14-4-6-21(7-5-14)19(28)26(20(29)24-21)13-18(27)23-15-2-3-17(16(22)12-15)25-8-10-30-11-9-25/h2-3,12,14H,4-11,13H2,1H3,(H,23,27)(H,24,29). The summed E-state index contributed by atoms with van der Waals surface area (Å²) in [4.78, 5) is 40.5. The molecule has 9 heteroatoms. The van der Waals surface area contributed by atoms with Crippen molar-refractivity contribution in [2.24, 2.45) is 5.92 Å². The molecule has 3 fully saturated rings. The van der Waals surface area contributed by atoms with E-state index >= 15 is 0 Å². The molecule has 3 aliphatic rings. The number of amides is 4. The number of benzene rings is 1. The first kappa shape index (κ1) is 20.6. The van der Waals surface area contributed by atoms with Crippen molar-refractivity contribution in [2.45, 2.75) is 38.1 Å². The average Bonchev–Trinajstić information content (AvgIpc) is 2.95. The fourth-order valence-corrected chi connectivity index (χ4v) is 4.40. The van der Waals surface area contributed by atoms with Crippen molar-refractivity contribution >= 4 is 29.2 Å². The number of hydrogen-bond donors (Lipinski definition) is 2. The van der Waals surface area contributed by atoms with Gasteiger partial charge in [0, 0.05) is 18.8 Å². The zero-order valence-corrected chi connectivity index (χ0v) is 17.1. The molecular weight excluding hydrogens is 391 g/mol. The maximum absolute atomic E-state index is 14.5. The molecule has 2 saturated heterocycles. The molecule has 1 aliphatic carbocycles. The Morgan fingerprint density at radius 1 is 1.27 bits per heavy atom. The summed E-state index contributed by atoms with van der Waals surface area (Å²) in [6.07, 6.45) is 2.90. The molecule has 0 atom stereocenters. The van der Waals surface area contributed by atoms with Crippen molar-refractivity contribution in [2.75, 3.05) is 43.1 Å². The van der Waals surface area contributed by atoms with Gasteiger partial charge in [-0.3, -0.25) is 14.5 Å². The summed E-state index contributed by atoms with van der Waals surface area (Å²) >= 11 is 0. The Labute approximate surface area is 174 Å². The van der Waals surface area contributed by atoms with Crippen LogP contribution in [0.25, 0.3) is 0 Å². The fourth-order valence-electron chi connectivity index (χ4n) is 4.40. The van der Waals surface area contributed by atoms with E-state index in [1.807, 2.05) is 4.90 Å². The lowest BCUT2D eigenvalue weighted by atomic mass is 9.77. The Bertz CT molecular complexity index is 847. The third-order valence-corrected chi connectivity index (χ3v) is 6.26. The van der Waals surface area contributed by atoms with E-state index in [2.05, 4.69) is 17.6 Å². The number of urea groups is 1. The van der Waals surface area contributed by atoms with Gasteiger partial charge >= 0.3 is 6.03 Å². The van der Waals surface area contributed by atoms with Crippen LogP contribution in [0.4, 0.5) is 20.6 Å². The van der Waals surface area contributed by atoms with Crippen LogP contribution < -0.4 is 15.5 Å². The number of nitrogens with one attached hydrogen (secondary N) is 2. The average molecular weight is 418 g/mol. The monoisotopic (exact) mass is 418 g/mol. The van der Waals surface area contributed by atoms with E-state index in [0.717, 1.165) is 17.7 Å². The van der Waals surface area contributed by atoms with Crippen molar-refractivity contribution in [3.63, 3.8) is 0 Å². The van der Waals surface area contributed by atoms with Crippen LogP contribution in [0.2, 0.25) is 0 Å². The quantitative estimate of drug-likeness (QED) is 0.731. The van der Waals surface area contributed by atoms with Crippen LogP contribution in [0, 0.1) is 11.7 Å². The highest BCUT2D eigenvalue weighted by Gasteiger charge is 2.52. The summed E-state index contributed by atoms with van der Waals surface area (Å²) < 4.78 is 19.8. The molecule has 1 spiro atoms. The van der Waals surface area contributed by atoms with Gasteiger partial charge in [-0.15, -0.1) is 0 Å². The molecule has 1 aromatic rings. The van der Waals surface area contributed by atoms with E-state index in [9.17, 15) is 18.8 Å². The van der Waals surface area contributed by atoms with Gasteiger partial charge in [0.05, 0.1) is 18.9 Å². The predicted octanol–water partition coefficient (Wildman–Crippen LogP) is 2.10. The summed E-state index contributed by atoms with van der Waals surface area (Å²) in [6, 6.07) is 3.93. The van der Waals surface area contributed by atoms with Crippen LogP contribution in [0.15, 0.2) is 18.2 Å². The number of hydrogen-bond acceptors (Lipinski definition) is 5. The minimum absolute atomic E-state index is 0.280. The van der Waals surface area contributed by atoms with Gasteiger partial charge < -0.3 is 20.3 Å². The van der Waals surface area contributed by atoms with Gasteiger partial charge in [0.25, 0.3) is 5.91 Å². The lowest BCUT2D eigenvalue weighted by Crippen LogP contribution is -2.49. The maximum Gasteiger partial charge on any atom is 0.325 e. The lowest BCUT2D eigenvalue weighted by molar-refractivity contribution is -0.135. The van der Waals surface area contributed by atoms with Gasteiger partial charge in [-0.25, -0.2) is 9.18 Å². The molecule has 30 heavy (non-hydrogen) atoms. The van der Waals surface area contributed by atoms with Gasteiger partial charge in [0.1, 0.15) is 17.9 Å². The van der Waals surface area contributed by atoms with Crippen molar-refractivity contribution in [3.8, 4) is 0 Å². The van der Waals surface area contributed by atoms with Gasteiger partial charge in [0.2, 0.25) is 5.91 Å². The molecule has 162 valence electrons. The molecule has 2 aliphatic heterocycles. The summed E-state index contributed by atoms with van der Waals surface area (Å²) in [6.45, 7) is 4.04. The fraction of sp³-hybridized carbons (Fsp3) is 0.571. The second-order valence-electron chi connectivity index (χ2n) is 8.40. The molecule has 2 N–H and O–H groups in total. The van der Waals surface area contributed by atoms with E-state index in [0.29, 0.717) is 50.8 Å². The van der Waals surface area contributed by atoms with Gasteiger partial charge in [-0.05, 0) is 49.8 Å². The molecular formula is C21H27FN4O4. The molecule has 0 radical (unpaired) electrons. The SMILES string of the molecule is CC1CCC2(CC1)NC(=O)N(CC(=O)Nc1ccc(N3CCOCC3)c(F)c1)C2=O. The third kappa shape index (κ3) is 3.98. The van der Waals surface area contributed by atoms with E-state index in [1.165, 1.54) is 6.07 Å². The second-order valence-corrected chi connectivity index (χ2v) is 8.40. The van der Waals surface area contributed by atoms with Gasteiger partial charge in [0.15, 0.2) is 0 Å². The van der Waals surface area contributed by atoms with Crippen LogP contribution in [0.5, 0.6) is 0 Å². The highest BCUT2D eigenvalue weighted by atomic mass is 19.1. The molecule has 0 unspecified atom stereocenters. The Balaban J connectivity index is 1.38. The number of rotatable bonds is 4. The highest BCUT2D eigenvalue weighted by molar-refractivity contribution is 6.10. The van der Waals surface area contributed by atoms with E-state index in [-0.39, 0.29) is 11.6 Å². The molecule has 1 aromatic carbocycles. The van der Waals surface area contributed by atoms with Gasteiger partial charge in [-0.1, -0.05) is 6.92 Å². The zero-order valence-electron chi connectivity index (χ0n) is 17.1. The van der Waals surface area contributed by atoms with Crippen molar-refractivity contribution < 1.29 is 23.5 Å². The number of carbonyl (C=O) groups excluding carboxylic acids is 3. The Hall–Kier alpha value is -2.68. The second kappa shape index (κ2) is 8.22. The first-order valence-electron chi connectivity index (χ1n) is 10.4. The van der Waals surface area contributed by atoms with Crippen molar-refractivity contribution in [3.05, 3.63) is 24.0 Å². The van der Waals surface area contributed by atoms with E-state index in [1.54, 1.807) is 12.1 Å². The highest BCUT2D eigenvalue weighted by Crippen LogP contribution is 2.36. The minimum Gasteiger partial charge on any atom is -0.378 e. The number of halogens is 1. The molecule has 1 saturated carbocycles. The number of imide groups is 1. The topological polar surface area (TPSA) is 91.0 Å². The zero-order chi connectivity index (χ0) is 21.3. The van der Waals surface area contributed by atoms with Crippen LogP contribution >= 0.6 is 0 Å². The Morgan fingerprint density at radius 3 is 2.63 bits per heavy atom. The van der Waals surface area contributed by atoms with Crippen LogP contribution in [0.1, 0.15) is 32.6 Å². The number of morpholine rings is 1. The number of ether oxygens (including phenoxy) is 1. The Morgan fingerprint density at radius 2 is 1.97 bits per heavy atom. The molecule has 0 aromatic heterocycles. The number of nitrogens with zero attached hydrogens (tertiary/aromatic N) is 2. The third-order valence-electron chi connectivity index (χ3n) is 6.26. The molecule has 0 bridgehead atoms. The minimum atomic E-state index is -0.879. The van der Waals surface area contributed by atoms with Gasteiger partial charge in [-0.2, -0.15) is 0 Å². The molecule has 8 nitrogen and oxygen atoms in total. The normalized spacial score (nSPS) is 26.8. The summed E-state index contributed by atoms with van der Waals surface area (Å²) in [7, 11) is 0. The first-order chi connectivity index (χ1) is 14.4. The molecule has 2 heterocycles. The summed E-state index contributed by atoms with van der Waals surface area (Å²) in [5.74, 6) is -0.811. The van der Waals surface area contributed by atoms with Crippen molar-refractivity contribution in [1.29, 1.82) is 0 Å². The van der Waals surface area contributed by atoms with Crippen LogP contribution in [0.3, 0.4) is 0 Å². The summed E-state index contributed by atoms with van der Waals surface area (Å²) in [5.41, 5.74) is -0.142. The van der Waals surface area contributed by atoms with E-state index in [4.69, 9.17) is 4.74 Å². The predicted molar refractivity (Wildman–Crippen MR) is 109 cm³/mol. The van der Waals surface area contributed by atoms with E-state index < -0.39 is 29.8 Å². The first-order valence-corrected chi connectivity index (χ1v) is 10.4. The number of anilines is 2. The molecule has 4 amide bonds.